The fourth-order valence-electron chi connectivity index (χ4n) is 2.65. The third kappa shape index (κ3) is 6.22. The lowest BCUT2D eigenvalue weighted by molar-refractivity contribution is -0.141. The number of carbonyl (C=O) groups is 3. The molecule has 1 aromatic heterocycles. The normalized spacial score (nSPS) is 12.0. The van der Waals surface area contributed by atoms with Gasteiger partial charge in [-0.05, 0) is 11.1 Å². The summed E-state index contributed by atoms with van der Waals surface area (Å²) >= 11 is 6.53. The van der Waals surface area contributed by atoms with Crippen molar-refractivity contribution in [2.75, 3.05) is 5.88 Å². The lowest BCUT2D eigenvalue weighted by Gasteiger charge is -2.19. The van der Waals surface area contributed by atoms with Crippen molar-refractivity contribution >= 4 is 46.5 Å². The number of halogens is 1. The Kier molecular flexibility index (Phi) is 8.07. The smallest absolute Gasteiger partial charge is 0.363 e. The van der Waals surface area contributed by atoms with Crippen molar-refractivity contribution in [1.82, 2.24) is 4.98 Å². The SMILES string of the molecule is CC(=O)O/N=C(\C(=O)OC(c1ccccc1)c1ccccc1)c1cs/c(=N/C(=O)CCl)[nH]1. The quantitative estimate of drug-likeness (QED) is 0.187. The van der Waals surface area contributed by atoms with Crippen LogP contribution in [0.1, 0.15) is 29.8 Å². The Morgan fingerprint density at radius 2 is 1.62 bits per heavy atom. The molecule has 0 radical (unpaired) electrons. The molecular weight excluding hydrogens is 454 g/mol. The number of nitrogens with one attached hydrogen (secondary N) is 1. The number of nitrogens with zero attached hydrogens (tertiary/aromatic N) is 2. The van der Waals surface area contributed by atoms with Gasteiger partial charge in [0.1, 0.15) is 5.88 Å². The third-order valence-electron chi connectivity index (χ3n) is 4.01. The molecule has 0 saturated heterocycles. The van der Waals surface area contributed by atoms with Crippen molar-refractivity contribution in [2.24, 2.45) is 10.1 Å². The molecule has 164 valence electrons. The number of ether oxygens (including phenoxy) is 1. The molecule has 10 heteroatoms. The number of benzene rings is 2. The molecule has 1 N–H and O–H groups in total. The highest BCUT2D eigenvalue weighted by molar-refractivity contribution is 7.07. The Morgan fingerprint density at radius 3 is 2.16 bits per heavy atom. The highest BCUT2D eigenvalue weighted by Crippen LogP contribution is 2.26. The van der Waals surface area contributed by atoms with Crippen LogP contribution in [0.25, 0.3) is 0 Å². The molecule has 0 aliphatic carbocycles. The average molecular weight is 472 g/mol. The fourth-order valence-corrected chi connectivity index (χ4v) is 3.44. The second-order valence-corrected chi connectivity index (χ2v) is 7.47. The second kappa shape index (κ2) is 11.2. The lowest BCUT2D eigenvalue weighted by Crippen LogP contribution is -2.24. The van der Waals surface area contributed by atoms with Gasteiger partial charge in [-0.15, -0.1) is 22.9 Å². The van der Waals surface area contributed by atoms with Crippen molar-refractivity contribution < 1.29 is 24.0 Å². The largest absolute Gasteiger partial charge is 0.448 e. The number of thiazole rings is 1. The zero-order valence-electron chi connectivity index (χ0n) is 16.9. The number of alkyl halides is 1. The van der Waals surface area contributed by atoms with E-state index in [1.807, 2.05) is 60.7 Å². The molecule has 1 heterocycles. The minimum absolute atomic E-state index is 0.169. The van der Waals surface area contributed by atoms with E-state index in [4.69, 9.17) is 21.2 Å². The van der Waals surface area contributed by atoms with Gasteiger partial charge in [-0.2, -0.15) is 4.99 Å². The maximum absolute atomic E-state index is 13.1. The molecule has 0 bridgehead atoms. The summed E-state index contributed by atoms with van der Waals surface area (Å²) in [6.45, 7) is 1.15. The maximum Gasteiger partial charge on any atom is 0.363 e. The van der Waals surface area contributed by atoms with Crippen LogP contribution in [0, 0.1) is 0 Å². The van der Waals surface area contributed by atoms with Crippen LogP contribution in [0.2, 0.25) is 0 Å². The summed E-state index contributed by atoms with van der Waals surface area (Å²) in [4.78, 5) is 47.3. The number of hydrogen-bond donors (Lipinski definition) is 1. The zero-order chi connectivity index (χ0) is 22.9. The van der Waals surface area contributed by atoms with E-state index >= 15 is 0 Å². The minimum Gasteiger partial charge on any atom is -0.448 e. The summed E-state index contributed by atoms with van der Waals surface area (Å²) in [5, 5.41) is 5.17. The van der Waals surface area contributed by atoms with E-state index in [2.05, 4.69) is 15.1 Å². The van der Waals surface area contributed by atoms with E-state index in [0.717, 1.165) is 29.4 Å². The Morgan fingerprint density at radius 1 is 1.03 bits per heavy atom. The number of esters is 1. The van der Waals surface area contributed by atoms with Crippen LogP contribution < -0.4 is 4.80 Å². The molecule has 3 rings (SSSR count). The van der Waals surface area contributed by atoms with Gasteiger partial charge in [0.2, 0.25) is 5.71 Å². The van der Waals surface area contributed by atoms with Gasteiger partial charge < -0.3 is 14.6 Å². The zero-order valence-corrected chi connectivity index (χ0v) is 18.4. The number of carbonyl (C=O) groups excluding carboxylic acids is 3. The Labute approximate surface area is 192 Å². The summed E-state index contributed by atoms with van der Waals surface area (Å²) in [5.74, 6) is -2.39. The topological polar surface area (TPSA) is 110 Å². The number of aromatic amines is 1. The van der Waals surface area contributed by atoms with Crippen molar-refractivity contribution in [1.29, 1.82) is 0 Å². The number of H-pyrrole nitrogens is 1. The highest BCUT2D eigenvalue weighted by atomic mass is 35.5. The first kappa shape index (κ1) is 23.1. The molecule has 3 aromatic rings. The Bertz CT molecular complexity index is 1150. The van der Waals surface area contributed by atoms with Crippen LogP contribution in [0.15, 0.2) is 76.2 Å². The lowest BCUT2D eigenvalue weighted by atomic mass is 10.0. The summed E-state index contributed by atoms with van der Waals surface area (Å²) in [6.07, 6.45) is -0.729. The highest BCUT2D eigenvalue weighted by Gasteiger charge is 2.25. The van der Waals surface area contributed by atoms with Gasteiger partial charge >= 0.3 is 11.9 Å². The molecule has 0 aliphatic heterocycles. The van der Waals surface area contributed by atoms with Crippen LogP contribution in [-0.2, 0) is 24.0 Å². The van der Waals surface area contributed by atoms with Crippen molar-refractivity contribution in [3.05, 3.63) is 87.7 Å². The van der Waals surface area contributed by atoms with E-state index in [1.165, 1.54) is 5.38 Å². The van der Waals surface area contributed by atoms with Gasteiger partial charge in [0, 0.05) is 12.3 Å². The van der Waals surface area contributed by atoms with Crippen LogP contribution in [-0.4, -0.2) is 34.4 Å². The van der Waals surface area contributed by atoms with Gasteiger partial charge in [-0.3, -0.25) is 4.79 Å². The molecular formula is C22H18ClN3O5S. The summed E-state index contributed by atoms with van der Waals surface area (Å²) in [7, 11) is 0. The van der Waals surface area contributed by atoms with Crippen molar-refractivity contribution in [3.8, 4) is 0 Å². The predicted molar refractivity (Wildman–Crippen MR) is 119 cm³/mol. The molecule has 0 fully saturated rings. The summed E-state index contributed by atoms with van der Waals surface area (Å²) in [5.41, 5.74) is 1.38. The van der Waals surface area contributed by atoms with Gasteiger partial charge in [-0.1, -0.05) is 65.8 Å². The molecule has 0 saturated carbocycles. The van der Waals surface area contributed by atoms with Gasteiger partial charge in [0.25, 0.3) is 5.91 Å². The maximum atomic E-state index is 13.1. The monoisotopic (exact) mass is 471 g/mol. The first-order valence-electron chi connectivity index (χ1n) is 9.36. The molecule has 0 atom stereocenters. The molecule has 0 unspecified atom stereocenters. The van der Waals surface area contributed by atoms with E-state index in [9.17, 15) is 14.4 Å². The van der Waals surface area contributed by atoms with Crippen LogP contribution in [0.3, 0.4) is 0 Å². The standard InChI is InChI=1S/C22H18ClN3O5S/c1-14(27)31-26-19(17-13-32-22(24-17)25-18(28)12-23)21(29)30-20(15-8-4-2-5-9-15)16-10-6-3-7-11-16/h2-11,13,20H,12H2,1H3,(H,24,25,28)/b26-19-. The van der Waals surface area contributed by atoms with Crippen LogP contribution >= 0.6 is 22.9 Å². The van der Waals surface area contributed by atoms with Gasteiger partial charge in [-0.25, -0.2) is 9.59 Å². The van der Waals surface area contributed by atoms with E-state index in [1.54, 1.807) is 0 Å². The Balaban J connectivity index is 1.97. The van der Waals surface area contributed by atoms with Crippen molar-refractivity contribution in [3.63, 3.8) is 0 Å². The van der Waals surface area contributed by atoms with Gasteiger partial charge in [0.05, 0.1) is 5.69 Å². The van der Waals surface area contributed by atoms with E-state index in [-0.39, 0.29) is 22.1 Å². The first-order chi connectivity index (χ1) is 15.5. The molecule has 32 heavy (non-hydrogen) atoms. The number of oxime groups is 1. The minimum atomic E-state index is -0.840. The molecule has 0 aliphatic rings. The number of rotatable bonds is 7. The van der Waals surface area contributed by atoms with Crippen molar-refractivity contribution in [2.45, 2.75) is 13.0 Å². The van der Waals surface area contributed by atoms with E-state index in [0.29, 0.717) is 0 Å². The number of hydrogen-bond acceptors (Lipinski definition) is 7. The summed E-state index contributed by atoms with van der Waals surface area (Å²) < 4.78 is 5.79. The number of aromatic nitrogens is 1. The van der Waals surface area contributed by atoms with Crippen LogP contribution in [0.4, 0.5) is 0 Å². The summed E-state index contributed by atoms with van der Waals surface area (Å²) in [6, 6.07) is 18.4. The first-order valence-corrected chi connectivity index (χ1v) is 10.8. The molecule has 1 amide bonds. The Hall–Kier alpha value is -3.56. The van der Waals surface area contributed by atoms with Crippen LogP contribution in [0.5, 0.6) is 0 Å². The molecule has 0 spiro atoms. The average Bonchev–Trinajstić information content (AvgIpc) is 3.26. The van der Waals surface area contributed by atoms with Gasteiger partial charge in [0.15, 0.2) is 10.9 Å². The fraction of sp³-hybridized carbons (Fsp3) is 0.136. The molecule has 8 nitrogen and oxygen atoms in total. The third-order valence-corrected chi connectivity index (χ3v) is 5.01. The second-order valence-electron chi connectivity index (χ2n) is 6.35. The number of amides is 1. The predicted octanol–water partition coefficient (Wildman–Crippen LogP) is 3.34. The van der Waals surface area contributed by atoms with E-state index < -0.39 is 23.9 Å². The molecule has 2 aromatic carbocycles.